The summed E-state index contributed by atoms with van der Waals surface area (Å²) in [6, 6.07) is 0. The fourth-order valence-corrected chi connectivity index (χ4v) is 0.934. The molecule has 6 nitrogen and oxygen atoms in total. The molecule has 0 radical (unpaired) electrons. The van der Waals surface area contributed by atoms with E-state index in [-0.39, 0.29) is 21.3 Å². The summed E-state index contributed by atoms with van der Waals surface area (Å²) in [7, 11) is 1.46. The van der Waals surface area contributed by atoms with Gasteiger partial charge in [0.05, 0.1) is 13.2 Å². The monoisotopic (exact) mass is 266 g/mol. The van der Waals surface area contributed by atoms with Gasteiger partial charge < -0.3 is 20.1 Å². The molecule has 0 aromatic carbocycles. The number of hydrogen-bond acceptors (Lipinski definition) is 4. The van der Waals surface area contributed by atoms with Crippen LogP contribution in [0.15, 0.2) is 0 Å². The molecule has 0 aliphatic heterocycles. The number of amides is 2. The lowest BCUT2D eigenvalue weighted by Crippen LogP contribution is -2.31. The van der Waals surface area contributed by atoms with E-state index in [4.69, 9.17) is 4.74 Å². The number of rotatable bonds is 9. The van der Waals surface area contributed by atoms with Crippen molar-refractivity contribution in [1.82, 2.24) is 10.6 Å². The standard InChI is InChI=1S/C10H20N2O4.C2H6.2H2/c1-3-9(13)11-4-6-16-7-5-12-10(14)8-15-2;1-2;;/h3-8H2,1-2H3,(H,11,13)(H,12,14);1-2H3;2*1H. The number of carbonyl (C=O) groups excluding carboxylic acids is 2. The second-order valence-electron chi connectivity index (χ2n) is 3.10. The summed E-state index contributed by atoms with van der Waals surface area (Å²) in [6.45, 7) is 7.68. The number of carbonyl (C=O) groups is 2. The fraction of sp³-hybridized carbons (Fsp3) is 0.833. The second-order valence-corrected chi connectivity index (χ2v) is 3.10. The molecule has 0 saturated carbocycles. The molecule has 0 unspecified atom stereocenters. The third-order valence-electron chi connectivity index (χ3n) is 1.73. The van der Waals surface area contributed by atoms with Gasteiger partial charge in [-0.25, -0.2) is 0 Å². The maximum absolute atomic E-state index is 10.9. The molecule has 0 rings (SSSR count). The van der Waals surface area contributed by atoms with E-state index in [2.05, 4.69) is 15.4 Å². The summed E-state index contributed by atoms with van der Waals surface area (Å²) in [6.07, 6.45) is 0.479. The molecule has 0 heterocycles. The summed E-state index contributed by atoms with van der Waals surface area (Å²) >= 11 is 0. The van der Waals surface area contributed by atoms with E-state index in [9.17, 15) is 9.59 Å². The Morgan fingerprint density at radius 1 is 1.06 bits per heavy atom. The quantitative estimate of drug-likeness (QED) is 0.606. The smallest absolute Gasteiger partial charge is 0.246 e. The highest BCUT2D eigenvalue weighted by molar-refractivity contribution is 5.77. The number of ether oxygens (including phenoxy) is 2. The lowest BCUT2D eigenvalue weighted by Gasteiger charge is -2.06. The Balaban J connectivity index is -0.000000304. The third-order valence-corrected chi connectivity index (χ3v) is 1.73. The molecule has 0 fully saturated rings. The molecule has 0 aliphatic rings. The van der Waals surface area contributed by atoms with Gasteiger partial charge in [0.1, 0.15) is 6.61 Å². The maximum Gasteiger partial charge on any atom is 0.246 e. The number of hydrogen-bond donors (Lipinski definition) is 2. The molecule has 0 aliphatic carbocycles. The van der Waals surface area contributed by atoms with Gasteiger partial charge in [0.15, 0.2) is 0 Å². The topological polar surface area (TPSA) is 76.7 Å². The van der Waals surface area contributed by atoms with E-state index >= 15 is 0 Å². The van der Waals surface area contributed by atoms with Crippen molar-refractivity contribution in [2.45, 2.75) is 27.2 Å². The summed E-state index contributed by atoms with van der Waals surface area (Å²) in [5, 5.41) is 5.30. The van der Waals surface area contributed by atoms with E-state index in [0.29, 0.717) is 32.7 Å². The Bertz CT molecular complexity index is 220. The van der Waals surface area contributed by atoms with Crippen molar-refractivity contribution in [2.24, 2.45) is 0 Å². The summed E-state index contributed by atoms with van der Waals surface area (Å²) in [4.78, 5) is 21.7. The molecule has 0 bridgehead atoms. The van der Waals surface area contributed by atoms with Gasteiger partial charge in [-0.05, 0) is 0 Å². The van der Waals surface area contributed by atoms with Gasteiger partial charge in [0, 0.05) is 29.5 Å². The van der Waals surface area contributed by atoms with Gasteiger partial charge >= 0.3 is 0 Å². The van der Waals surface area contributed by atoms with E-state index < -0.39 is 0 Å². The lowest BCUT2D eigenvalue weighted by molar-refractivity contribution is -0.125. The van der Waals surface area contributed by atoms with E-state index in [0.717, 1.165) is 0 Å². The minimum absolute atomic E-state index is 0. The first-order chi connectivity index (χ1) is 8.70. The van der Waals surface area contributed by atoms with Gasteiger partial charge in [0.25, 0.3) is 0 Å². The molecule has 0 atom stereocenters. The summed E-state index contributed by atoms with van der Waals surface area (Å²) in [5.41, 5.74) is 0. The molecule has 2 amide bonds. The lowest BCUT2D eigenvalue weighted by atomic mass is 10.4. The molecule has 0 aromatic rings. The third kappa shape index (κ3) is 14.9. The van der Waals surface area contributed by atoms with Crippen LogP contribution >= 0.6 is 0 Å². The molecule has 2 N–H and O–H groups in total. The minimum Gasteiger partial charge on any atom is -0.378 e. The first-order valence-electron chi connectivity index (χ1n) is 6.30. The van der Waals surface area contributed by atoms with Crippen molar-refractivity contribution in [3.63, 3.8) is 0 Å². The molecule has 18 heavy (non-hydrogen) atoms. The first-order valence-corrected chi connectivity index (χ1v) is 6.30. The Labute approximate surface area is 112 Å². The highest BCUT2D eigenvalue weighted by atomic mass is 16.5. The molecule has 112 valence electrons. The average Bonchev–Trinajstić information content (AvgIpc) is 2.40. The molecular formula is C12H30N2O4. The summed E-state index contributed by atoms with van der Waals surface area (Å²) in [5.74, 6) is -0.151. The highest BCUT2D eigenvalue weighted by Crippen LogP contribution is 1.77. The van der Waals surface area contributed by atoms with Crippen molar-refractivity contribution < 1.29 is 21.9 Å². The van der Waals surface area contributed by atoms with E-state index in [1.165, 1.54) is 7.11 Å². The van der Waals surface area contributed by atoms with Gasteiger partial charge in [0.2, 0.25) is 11.8 Å². The van der Waals surface area contributed by atoms with Crippen LogP contribution in [0.2, 0.25) is 0 Å². The molecule has 6 heteroatoms. The first kappa shape index (κ1) is 19.2. The van der Waals surface area contributed by atoms with Crippen LogP contribution in [0, 0.1) is 0 Å². The number of nitrogens with one attached hydrogen (secondary N) is 2. The highest BCUT2D eigenvalue weighted by Gasteiger charge is 1.98. The largest absolute Gasteiger partial charge is 0.378 e. The van der Waals surface area contributed by atoms with Gasteiger partial charge in [-0.1, -0.05) is 20.8 Å². The van der Waals surface area contributed by atoms with E-state index in [1.807, 2.05) is 13.8 Å². The zero-order chi connectivity index (χ0) is 14.2. The molecule has 0 spiro atoms. The zero-order valence-corrected chi connectivity index (χ0v) is 11.9. The van der Waals surface area contributed by atoms with Crippen LogP contribution in [0.25, 0.3) is 0 Å². The van der Waals surface area contributed by atoms with Gasteiger partial charge in [-0.3, -0.25) is 9.59 Å². The predicted octanol–water partition coefficient (Wildman–Crippen LogP) is 0.810. The van der Waals surface area contributed by atoms with Crippen LogP contribution in [-0.2, 0) is 19.1 Å². The summed E-state index contributed by atoms with van der Waals surface area (Å²) < 4.78 is 9.82. The van der Waals surface area contributed by atoms with Gasteiger partial charge in [-0.2, -0.15) is 0 Å². The van der Waals surface area contributed by atoms with Crippen LogP contribution < -0.4 is 10.6 Å². The van der Waals surface area contributed by atoms with Crippen molar-refractivity contribution >= 4 is 11.8 Å². The predicted molar refractivity (Wildman–Crippen MR) is 74.6 cm³/mol. The number of methoxy groups -OCH3 is 1. The Hall–Kier alpha value is -1.14. The van der Waals surface area contributed by atoms with Crippen molar-refractivity contribution in [3.05, 3.63) is 0 Å². The van der Waals surface area contributed by atoms with Crippen molar-refractivity contribution in [3.8, 4) is 0 Å². The Morgan fingerprint density at radius 2 is 1.56 bits per heavy atom. The van der Waals surface area contributed by atoms with Crippen LogP contribution in [0.5, 0.6) is 0 Å². The maximum atomic E-state index is 10.9. The van der Waals surface area contributed by atoms with Crippen LogP contribution in [0.1, 0.15) is 30.0 Å². The Morgan fingerprint density at radius 3 is 2.00 bits per heavy atom. The fourth-order valence-electron chi connectivity index (χ4n) is 0.934. The normalized spacial score (nSPS) is 9.11. The van der Waals surface area contributed by atoms with Crippen LogP contribution in [-0.4, -0.2) is 51.8 Å². The van der Waals surface area contributed by atoms with Crippen molar-refractivity contribution in [1.29, 1.82) is 0 Å². The van der Waals surface area contributed by atoms with Gasteiger partial charge in [-0.15, -0.1) is 0 Å². The van der Waals surface area contributed by atoms with E-state index in [1.54, 1.807) is 6.92 Å². The average molecular weight is 266 g/mol. The molecular weight excluding hydrogens is 236 g/mol. The van der Waals surface area contributed by atoms with Crippen molar-refractivity contribution in [2.75, 3.05) is 40.0 Å². The Kier molecular flexibility index (Phi) is 16.9. The van der Waals surface area contributed by atoms with Crippen LogP contribution in [0.3, 0.4) is 0 Å². The molecule has 0 saturated heterocycles. The zero-order valence-electron chi connectivity index (χ0n) is 11.9. The second kappa shape index (κ2) is 15.9. The SMILES string of the molecule is CC.CCC(=O)NCCOCCNC(=O)COC.[HH].[HH]. The minimum atomic E-state index is -0.162. The molecule has 0 aromatic heterocycles. The van der Waals surface area contributed by atoms with Crippen LogP contribution in [0.4, 0.5) is 0 Å².